The molecule has 0 unspecified atom stereocenters. The van der Waals surface area contributed by atoms with E-state index in [1.54, 1.807) is 11.3 Å². The van der Waals surface area contributed by atoms with E-state index in [1.807, 2.05) is 6.92 Å². The molecule has 3 heterocycles. The molecule has 0 radical (unpaired) electrons. The van der Waals surface area contributed by atoms with E-state index in [9.17, 15) is 4.79 Å². The van der Waals surface area contributed by atoms with E-state index < -0.39 is 0 Å². The number of aryl methyl sites for hydroxylation is 2. The standard InChI is InChI=1S/C24H33N3OS/c1-3-7-19-8-10-20(11-9-19)23-25-18(2)22(29-23)24(28)27-16-12-21(13-17-27)26-14-5-4-6-15-26/h8-11,21H,3-7,12-17H2,1-2H3. The van der Waals surface area contributed by atoms with Crippen molar-refractivity contribution in [1.29, 1.82) is 0 Å². The Labute approximate surface area is 178 Å². The highest BCUT2D eigenvalue weighted by Gasteiger charge is 2.29. The molecule has 0 N–H and O–H groups in total. The van der Waals surface area contributed by atoms with Crippen molar-refractivity contribution in [3.63, 3.8) is 0 Å². The number of hydrogen-bond donors (Lipinski definition) is 0. The van der Waals surface area contributed by atoms with Crippen LogP contribution in [0.5, 0.6) is 0 Å². The molecular weight excluding hydrogens is 378 g/mol. The maximum absolute atomic E-state index is 13.2. The Morgan fingerprint density at radius 1 is 1.07 bits per heavy atom. The van der Waals surface area contributed by atoms with Crippen molar-refractivity contribution in [2.45, 2.75) is 64.8 Å². The lowest BCUT2D eigenvalue weighted by atomic mass is 10.00. The summed E-state index contributed by atoms with van der Waals surface area (Å²) in [7, 11) is 0. The summed E-state index contributed by atoms with van der Waals surface area (Å²) < 4.78 is 0. The van der Waals surface area contributed by atoms with Crippen LogP contribution in [-0.4, -0.2) is 52.9 Å². The van der Waals surface area contributed by atoms with Crippen LogP contribution in [0.15, 0.2) is 24.3 Å². The molecule has 5 heteroatoms. The van der Waals surface area contributed by atoms with E-state index in [0.29, 0.717) is 6.04 Å². The number of likely N-dealkylation sites (tertiary alicyclic amines) is 2. The van der Waals surface area contributed by atoms with Gasteiger partial charge in [0.15, 0.2) is 0 Å². The number of hydrogen-bond acceptors (Lipinski definition) is 4. The van der Waals surface area contributed by atoms with Gasteiger partial charge in [-0.25, -0.2) is 4.98 Å². The molecule has 2 aromatic rings. The Kier molecular flexibility index (Phi) is 6.66. The van der Waals surface area contributed by atoms with Crippen molar-refractivity contribution in [2.75, 3.05) is 26.2 Å². The SMILES string of the molecule is CCCc1ccc(-c2nc(C)c(C(=O)N3CCC(N4CCCCC4)CC3)s2)cc1. The predicted octanol–water partition coefficient (Wildman–Crippen LogP) is 5.16. The Bertz CT molecular complexity index is 815. The highest BCUT2D eigenvalue weighted by Crippen LogP contribution is 2.30. The lowest BCUT2D eigenvalue weighted by molar-refractivity contribution is 0.0593. The molecule has 4 nitrogen and oxygen atoms in total. The largest absolute Gasteiger partial charge is 0.338 e. The number of nitrogens with zero attached hydrogens (tertiary/aromatic N) is 3. The zero-order chi connectivity index (χ0) is 20.2. The number of carbonyl (C=O) groups is 1. The molecule has 1 aromatic carbocycles. The fraction of sp³-hybridized carbons (Fsp3) is 0.583. The van der Waals surface area contributed by atoms with Crippen molar-refractivity contribution in [2.24, 2.45) is 0 Å². The van der Waals surface area contributed by atoms with Crippen molar-refractivity contribution >= 4 is 17.2 Å². The molecule has 2 saturated heterocycles. The van der Waals surface area contributed by atoms with Crippen LogP contribution in [0.4, 0.5) is 0 Å². The smallest absolute Gasteiger partial charge is 0.265 e. The monoisotopic (exact) mass is 411 g/mol. The van der Waals surface area contributed by atoms with Gasteiger partial charge in [-0.15, -0.1) is 11.3 Å². The van der Waals surface area contributed by atoms with E-state index in [0.717, 1.165) is 59.9 Å². The first-order valence-electron chi connectivity index (χ1n) is 11.3. The summed E-state index contributed by atoms with van der Waals surface area (Å²) in [6.45, 7) is 8.40. The highest BCUT2D eigenvalue weighted by molar-refractivity contribution is 7.17. The Morgan fingerprint density at radius 2 is 1.76 bits per heavy atom. The lowest BCUT2D eigenvalue weighted by Gasteiger charge is -2.40. The molecule has 0 bridgehead atoms. The molecule has 0 aliphatic carbocycles. The lowest BCUT2D eigenvalue weighted by Crippen LogP contribution is -2.48. The molecule has 1 amide bonds. The second-order valence-corrected chi connectivity index (χ2v) is 9.50. The van der Waals surface area contributed by atoms with Gasteiger partial charge < -0.3 is 9.80 Å². The number of carbonyl (C=O) groups excluding carboxylic acids is 1. The third-order valence-electron chi connectivity index (χ3n) is 6.39. The summed E-state index contributed by atoms with van der Waals surface area (Å²) in [5.74, 6) is 0.172. The molecule has 0 spiro atoms. The molecule has 2 aliphatic rings. The van der Waals surface area contributed by atoms with Gasteiger partial charge in [0, 0.05) is 24.7 Å². The first kappa shape index (κ1) is 20.5. The quantitative estimate of drug-likeness (QED) is 0.682. The van der Waals surface area contributed by atoms with Gasteiger partial charge in [-0.1, -0.05) is 44.0 Å². The first-order valence-corrected chi connectivity index (χ1v) is 12.1. The van der Waals surface area contributed by atoms with Gasteiger partial charge in [0.05, 0.1) is 5.69 Å². The molecule has 0 saturated carbocycles. The summed E-state index contributed by atoms with van der Waals surface area (Å²) in [5.41, 5.74) is 3.34. The van der Waals surface area contributed by atoms with Crippen LogP contribution in [0.25, 0.3) is 10.6 Å². The van der Waals surface area contributed by atoms with Gasteiger partial charge >= 0.3 is 0 Å². The van der Waals surface area contributed by atoms with Gasteiger partial charge in [-0.05, 0) is 57.7 Å². The van der Waals surface area contributed by atoms with E-state index in [-0.39, 0.29) is 5.91 Å². The molecule has 1 aromatic heterocycles. The summed E-state index contributed by atoms with van der Waals surface area (Å²) in [6, 6.07) is 9.31. The Balaban J connectivity index is 1.40. The molecular formula is C24H33N3OS. The Hall–Kier alpha value is -1.72. The second-order valence-electron chi connectivity index (χ2n) is 8.50. The predicted molar refractivity (Wildman–Crippen MR) is 121 cm³/mol. The molecule has 2 aliphatic heterocycles. The van der Waals surface area contributed by atoms with Gasteiger partial charge in [-0.2, -0.15) is 0 Å². The normalized spacial score (nSPS) is 18.9. The number of piperidine rings is 2. The van der Waals surface area contributed by atoms with Gasteiger partial charge in [0.25, 0.3) is 5.91 Å². The fourth-order valence-corrected chi connectivity index (χ4v) is 5.72. The first-order chi connectivity index (χ1) is 14.2. The highest BCUT2D eigenvalue weighted by atomic mass is 32.1. The zero-order valence-corrected chi connectivity index (χ0v) is 18.6. The van der Waals surface area contributed by atoms with E-state index in [2.05, 4.69) is 41.0 Å². The minimum Gasteiger partial charge on any atom is -0.338 e. The van der Waals surface area contributed by atoms with Crippen molar-refractivity contribution in [3.05, 3.63) is 40.4 Å². The number of benzene rings is 1. The average Bonchev–Trinajstić information content (AvgIpc) is 3.16. The minimum atomic E-state index is 0.172. The molecule has 156 valence electrons. The number of thiazole rings is 1. The summed E-state index contributed by atoms with van der Waals surface area (Å²) in [5, 5.41) is 0.956. The second kappa shape index (κ2) is 9.40. The maximum atomic E-state index is 13.2. The summed E-state index contributed by atoms with van der Waals surface area (Å²) >= 11 is 1.55. The zero-order valence-electron chi connectivity index (χ0n) is 17.8. The number of amides is 1. The number of rotatable bonds is 5. The average molecular weight is 412 g/mol. The van der Waals surface area contributed by atoms with Gasteiger partial charge in [0.2, 0.25) is 0 Å². The van der Waals surface area contributed by atoms with Crippen LogP contribution < -0.4 is 0 Å². The van der Waals surface area contributed by atoms with Crippen LogP contribution in [0, 0.1) is 6.92 Å². The van der Waals surface area contributed by atoms with Crippen LogP contribution in [-0.2, 0) is 6.42 Å². The van der Waals surface area contributed by atoms with E-state index in [1.165, 1.54) is 37.9 Å². The summed E-state index contributed by atoms with van der Waals surface area (Å²) in [4.78, 5) is 23.4. The van der Waals surface area contributed by atoms with Crippen molar-refractivity contribution in [3.8, 4) is 10.6 Å². The number of aromatic nitrogens is 1. The summed E-state index contributed by atoms with van der Waals surface area (Å²) in [6.07, 6.45) is 8.52. The van der Waals surface area contributed by atoms with Crippen LogP contribution in [0.2, 0.25) is 0 Å². The van der Waals surface area contributed by atoms with Crippen molar-refractivity contribution < 1.29 is 4.79 Å². The van der Waals surface area contributed by atoms with Gasteiger partial charge in [0.1, 0.15) is 9.88 Å². The molecule has 2 fully saturated rings. The van der Waals surface area contributed by atoms with Gasteiger partial charge in [-0.3, -0.25) is 4.79 Å². The van der Waals surface area contributed by atoms with Crippen LogP contribution in [0.3, 0.4) is 0 Å². The van der Waals surface area contributed by atoms with Crippen LogP contribution in [0.1, 0.15) is 66.4 Å². The molecule has 4 rings (SSSR count). The molecule has 0 atom stereocenters. The Morgan fingerprint density at radius 3 is 2.41 bits per heavy atom. The van der Waals surface area contributed by atoms with E-state index in [4.69, 9.17) is 4.98 Å². The molecule has 29 heavy (non-hydrogen) atoms. The topological polar surface area (TPSA) is 36.4 Å². The third-order valence-corrected chi connectivity index (χ3v) is 7.58. The van der Waals surface area contributed by atoms with E-state index >= 15 is 0 Å². The van der Waals surface area contributed by atoms with Crippen LogP contribution >= 0.6 is 11.3 Å². The minimum absolute atomic E-state index is 0.172. The third kappa shape index (κ3) is 4.72. The van der Waals surface area contributed by atoms with Crippen molar-refractivity contribution in [1.82, 2.24) is 14.8 Å². The fourth-order valence-electron chi connectivity index (χ4n) is 4.68. The maximum Gasteiger partial charge on any atom is 0.265 e.